The van der Waals surface area contributed by atoms with Crippen LogP contribution in [0.25, 0.3) is 11.0 Å². The van der Waals surface area contributed by atoms with E-state index in [1.54, 1.807) is 24.5 Å². The van der Waals surface area contributed by atoms with Gasteiger partial charge in [-0.05, 0) is 50.2 Å². The molecule has 0 radical (unpaired) electrons. The van der Waals surface area contributed by atoms with Crippen LogP contribution in [-0.2, 0) is 17.5 Å². The van der Waals surface area contributed by atoms with Crippen LogP contribution in [-0.4, -0.2) is 40.0 Å². The number of alkyl halides is 3. The van der Waals surface area contributed by atoms with E-state index in [1.807, 2.05) is 6.07 Å². The van der Waals surface area contributed by atoms with Crippen LogP contribution >= 0.6 is 0 Å². The molecule has 154 valence electrons. The third-order valence-electron chi connectivity index (χ3n) is 5.16. The minimum atomic E-state index is -4.65. The van der Waals surface area contributed by atoms with E-state index in [-0.39, 0.29) is 23.6 Å². The number of carbonyl (C=O) groups excluding carboxylic acids is 1. The summed E-state index contributed by atoms with van der Waals surface area (Å²) in [6.07, 6.45) is -0.929. The first kappa shape index (κ1) is 19.5. The highest BCUT2D eigenvalue weighted by atomic mass is 19.4. The van der Waals surface area contributed by atoms with Gasteiger partial charge in [-0.2, -0.15) is 13.2 Å². The average molecular weight is 406 g/mol. The molecule has 1 aromatic carbocycles. The molecular weight excluding hydrogens is 385 g/mol. The number of fused-ring (bicyclic) bond motifs is 1. The van der Waals surface area contributed by atoms with E-state index in [4.69, 9.17) is 4.42 Å². The first-order chi connectivity index (χ1) is 13.9. The highest BCUT2D eigenvalue weighted by Crippen LogP contribution is 2.31. The van der Waals surface area contributed by atoms with Crippen molar-refractivity contribution in [2.24, 2.45) is 0 Å². The molecule has 0 aliphatic carbocycles. The van der Waals surface area contributed by atoms with E-state index in [0.29, 0.717) is 0 Å². The van der Waals surface area contributed by atoms with Crippen molar-refractivity contribution in [2.75, 3.05) is 19.6 Å². The molecule has 9 heteroatoms. The monoisotopic (exact) mass is 406 g/mol. The quantitative estimate of drug-likeness (QED) is 0.680. The molecule has 1 amide bonds. The Hall–Kier alpha value is -2.81. The molecule has 3 heterocycles. The lowest BCUT2D eigenvalue weighted by Gasteiger charge is -2.26. The minimum absolute atomic E-state index is 0.141. The van der Waals surface area contributed by atoms with Crippen LogP contribution in [0.3, 0.4) is 0 Å². The van der Waals surface area contributed by atoms with Crippen molar-refractivity contribution < 1.29 is 22.4 Å². The highest BCUT2D eigenvalue weighted by molar-refractivity contribution is 5.81. The van der Waals surface area contributed by atoms with Crippen LogP contribution in [0.5, 0.6) is 0 Å². The largest absolute Gasteiger partial charge is 0.468 e. The van der Waals surface area contributed by atoms with Crippen molar-refractivity contribution in [2.45, 2.75) is 31.6 Å². The molecule has 0 bridgehead atoms. The van der Waals surface area contributed by atoms with Gasteiger partial charge in [-0.1, -0.05) is 12.1 Å². The first-order valence-electron chi connectivity index (χ1n) is 9.50. The smallest absolute Gasteiger partial charge is 0.449 e. The number of likely N-dealkylation sites (tertiary alicyclic amines) is 1. The maximum Gasteiger partial charge on any atom is 0.449 e. The lowest BCUT2D eigenvalue weighted by molar-refractivity contribution is -0.147. The molecule has 1 unspecified atom stereocenters. The number of para-hydroxylation sites is 2. The number of furan rings is 1. The summed E-state index contributed by atoms with van der Waals surface area (Å²) < 4.78 is 46.7. The molecule has 1 aliphatic rings. The van der Waals surface area contributed by atoms with Crippen molar-refractivity contribution in [3.63, 3.8) is 0 Å². The second kappa shape index (κ2) is 7.90. The number of nitrogens with one attached hydrogen (secondary N) is 1. The number of amides is 1. The number of aromatic nitrogens is 2. The molecule has 6 nitrogen and oxygen atoms in total. The van der Waals surface area contributed by atoms with Crippen molar-refractivity contribution in [1.82, 2.24) is 19.8 Å². The third kappa shape index (κ3) is 4.14. The number of rotatable bonds is 6. The van der Waals surface area contributed by atoms with E-state index in [2.05, 4.69) is 15.2 Å². The number of benzene rings is 1. The van der Waals surface area contributed by atoms with Crippen LogP contribution in [0.2, 0.25) is 0 Å². The Morgan fingerprint density at radius 3 is 2.62 bits per heavy atom. The molecule has 2 aromatic heterocycles. The zero-order valence-electron chi connectivity index (χ0n) is 15.7. The predicted molar refractivity (Wildman–Crippen MR) is 100 cm³/mol. The van der Waals surface area contributed by atoms with Gasteiger partial charge in [0.2, 0.25) is 11.7 Å². The molecule has 1 N–H and O–H groups in total. The van der Waals surface area contributed by atoms with Crippen LogP contribution in [0.4, 0.5) is 13.2 Å². The summed E-state index contributed by atoms with van der Waals surface area (Å²) in [6.45, 7) is 1.60. The van der Waals surface area contributed by atoms with Gasteiger partial charge < -0.3 is 14.3 Å². The number of halogens is 3. The fraction of sp³-hybridized carbons (Fsp3) is 0.400. The fourth-order valence-corrected chi connectivity index (χ4v) is 3.81. The molecule has 0 spiro atoms. The number of nitrogens with zero attached hydrogens (tertiary/aromatic N) is 3. The van der Waals surface area contributed by atoms with Gasteiger partial charge in [0.25, 0.3) is 0 Å². The summed E-state index contributed by atoms with van der Waals surface area (Å²) in [5.41, 5.74) is 0.482. The van der Waals surface area contributed by atoms with Gasteiger partial charge in [-0.15, -0.1) is 0 Å². The standard InChI is InChI=1S/C20H21F3N4O2/c21-20(22,23)19-25-14-6-1-2-7-15(14)27(19)13-18(28)24-12-16(17-8-5-11-29-17)26-9-3-4-10-26/h1-2,5-8,11,16H,3-4,9-10,12-13H2,(H,24,28). The number of imidazole rings is 1. The average Bonchev–Trinajstić information content (AvgIpc) is 3.43. The normalized spacial score (nSPS) is 16.4. The van der Waals surface area contributed by atoms with E-state index in [1.165, 1.54) is 12.1 Å². The molecule has 1 saturated heterocycles. The number of hydrogen-bond acceptors (Lipinski definition) is 4. The first-order valence-corrected chi connectivity index (χ1v) is 9.50. The Morgan fingerprint density at radius 2 is 1.93 bits per heavy atom. The molecule has 4 rings (SSSR count). The summed E-state index contributed by atoms with van der Waals surface area (Å²) >= 11 is 0. The van der Waals surface area contributed by atoms with E-state index < -0.39 is 24.5 Å². The second-order valence-corrected chi connectivity index (χ2v) is 7.09. The molecule has 0 saturated carbocycles. The Morgan fingerprint density at radius 1 is 1.17 bits per heavy atom. The summed E-state index contributed by atoms with van der Waals surface area (Å²) in [6, 6.07) is 9.76. The zero-order valence-corrected chi connectivity index (χ0v) is 15.7. The Bertz CT molecular complexity index is 975. The zero-order chi connectivity index (χ0) is 20.4. The summed E-state index contributed by atoms with van der Waals surface area (Å²) in [7, 11) is 0. The number of carbonyl (C=O) groups is 1. The van der Waals surface area contributed by atoms with Crippen LogP contribution in [0, 0.1) is 0 Å². The molecular formula is C20H21F3N4O2. The molecule has 3 aromatic rings. The van der Waals surface area contributed by atoms with Gasteiger partial charge >= 0.3 is 6.18 Å². The fourth-order valence-electron chi connectivity index (χ4n) is 3.81. The molecule has 1 aliphatic heterocycles. The van der Waals surface area contributed by atoms with E-state index in [9.17, 15) is 18.0 Å². The summed E-state index contributed by atoms with van der Waals surface area (Å²) in [5.74, 6) is -0.846. The summed E-state index contributed by atoms with van der Waals surface area (Å²) in [4.78, 5) is 18.4. The highest BCUT2D eigenvalue weighted by Gasteiger charge is 2.38. The second-order valence-electron chi connectivity index (χ2n) is 7.09. The van der Waals surface area contributed by atoms with Gasteiger partial charge in [-0.25, -0.2) is 4.98 Å². The summed E-state index contributed by atoms with van der Waals surface area (Å²) in [5, 5.41) is 2.77. The van der Waals surface area contributed by atoms with Crippen LogP contribution in [0.15, 0.2) is 47.1 Å². The third-order valence-corrected chi connectivity index (χ3v) is 5.16. The van der Waals surface area contributed by atoms with E-state index >= 15 is 0 Å². The maximum atomic E-state index is 13.4. The van der Waals surface area contributed by atoms with Gasteiger partial charge in [0.05, 0.1) is 23.3 Å². The van der Waals surface area contributed by atoms with Gasteiger partial charge in [0.15, 0.2) is 0 Å². The predicted octanol–water partition coefficient (Wildman–Crippen LogP) is 3.60. The topological polar surface area (TPSA) is 63.3 Å². The van der Waals surface area contributed by atoms with Crippen molar-refractivity contribution in [1.29, 1.82) is 0 Å². The van der Waals surface area contributed by atoms with Gasteiger partial charge in [-0.3, -0.25) is 9.69 Å². The SMILES string of the molecule is O=C(Cn1c(C(F)(F)F)nc2ccccc21)NCC(c1ccco1)N1CCCC1. The molecule has 1 atom stereocenters. The Balaban J connectivity index is 1.51. The van der Waals surface area contributed by atoms with Crippen molar-refractivity contribution >= 4 is 16.9 Å². The van der Waals surface area contributed by atoms with Gasteiger partial charge in [0.1, 0.15) is 12.3 Å². The maximum absolute atomic E-state index is 13.4. The lowest BCUT2D eigenvalue weighted by atomic mass is 10.2. The van der Waals surface area contributed by atoms with Crippen molar-refractivity contribution in [3.8, 4) is 0 Å². The molecule has 29 heavy (non-hydrogen) atoms. The Labute approximate surface area is 165 Å². The Kier molecular flexibility index (Phi) is 5.31. The molecule has 1 fully saturated rings. The van der Waals surface area contributed by atoms with Crippen LogP contribution < -0.4 is 5.32 Å². The van der Waals surface area contributed by atoms with E-state index in [0.717, 1.165) is 36.3 Å². The minimum Gasteiger partial charge on any atom is -0.468 e. The van der Waals surface area contributed by atoms with Crippen LogP contribution in [0.1, 0.15) is 30.5 Å². The lowest BCUT2D eigenvalue weighted by Crippen LogP contribution is -2.38. The van der Waals surface area contributed by atoms with Gasteiger partial charge in [0, 0.05) is 6.54 Å². The number of hydrogen-bond donors (Lipinski definition) is 1. The van der Waals surface area contributed by atoms with Crippen molar-refractivity contribution in [3.05, 3.63) is 54.2 Å².